The van der Waals surface area contributed by atoms with Crippen molar-refractivity contribution in [1.29, 1.82) is 0 Å². The fourth-order valence-electron chi connectivity index (χ4n) is 2.16. The summed E-state index contributed by atoms with van der Waals surface area (Å²) in [5.74, 6) is 1.19. The molecule has 0 aliphatic carbocycles. The molecule has 17 heavy (non-hydrogen) atoms. The van der Waals surface area contributed by atoms with Crippen LogP contribution in [0.4, 0.5) is 4.39 Å². The van der Waals surface area contributed by atoms with E-state index in [0.29, 0.717) is 31.2 Å². The summed E-state index contributed by atoms with van der Waals surface area (Å²) in [5, 5.41) is 13.0. The molecule has 1 aromatic rings. The van der Waals surface area contributed by atoms with Crippen LogP contribution in [-0.4, -0.2) is 45.5 Å². The first-order valence-electron chi connectivity index (χ1n) is 6.03. The van der Waals surface area contributed by atoms with Crippen molar-refractivity contribution < 1.29 is 14.0 Å². The molecule has 1 N–H and O–H groups in total. The van der Waals surface area contributed by atoms with Crippen molar-refractivity contribution in [3.63, 3.8) is 0 Å². The van der Waals surface area contributed by atoms with Gasteiger partial charge in [-0.25, -0.2) is 4.39 Å². The van der Waals surface area contributed by atoms with Gasteiger partial charge in [-0.1, -0.05) is 12.1 Å². The highest BCUT2D eigenvalue weighted by Crippen LogP contribution is 2.21. The lowest BCUT2D eigenvalue weighted by atomic mass is 10.2. The Bertz CT molecular complexity index is 358. The number of hydrogen-bond acceptors (Lipinski definition) is 5. The topological polar surface area (TPSA) is 62.4 Å². The zero-order valence-electron chi connectivity index (χ0n) is 9.97. The van der Waals surface area contributed by atoms with E-state index in [0.717, 1.165) is 12.8 Å². The molecule has 2 atom stereocenters. The second kappa shape index (κ2) is 5.55. The van der Waals surface area contributed by atoms with Crippen LogP contribution < -0.4 is 0 Å². The van der Waals surface area contributed by atoms with Gasteiger partial charge in [0.15, 0.2) is 5.82 Å². The number of aryl methyl sites for hydroxylation is 1. The minimum atomic E-state index is -0.870. The Morgan fingerprint density at radius 2 is 2.41 bits per heavy atom. The highest BCUT2D eigenvalue weighted by atomic mass is 19.1. The average molecular weight is 243 g/mol. The lowest BCUT2D eigenvalue weighted by molar-refractivity contribution is 0.140. The van der Waals surface area contributed by atoms with Gasteiger partial charge in [-0.2, -0.15) is 4.98 Å². The summed E-state index contributed by atoms with van der Waals surface area (Å²) < 4.78 is 18.3. The normalized spacial score (nSPS) is 25.6. The predicted molar refractivity (Wildman–Crippen MR) is 59.1 cm³/mol. The fourth-order valence-corrected chi connectivity index (χ4v) is 2.16. The molecule has 2 rings (SSSR count). The number of aliphatic hydroxyl groups is 1. The smallest absolute Gasteiger partial charge is 0.240 e. The van der Waals surface area contributed by atoms with Gasteiger partial charge in [-0.3, -0.25) is 4.90 Å². The summed E-state index contributed by atoms with van der Waals surface area (Å²) in [5.41, 5.74) is 0. The van der Waals surface area contributed by atoms with E-state index in [1.807, 2.05) is 11.8 Å². The quantitative estimate of drug-likeness (QED) is 0.833. The number of alkyl halides is 1. The highest BCUT2D eigenvalue weighted by molar-refractivity contribution is 4.91. The van der Waals surface area contributed by atoms with Crippen molar-refractivity contribution in [3.8, 4) is 0 Å². The molecule has 2 heterocycles. The molecule has 1 fully saturated rings. The van der Waals surface area contributed by atoms with Crippen LogP contribution in [0.3, 0.4) is 0 Å². The minimum Gasteiger partial charge on any atom is -0.395 e. The zero-order chi connectivity index (χ0) is 12.3. The van der Waals surface area contributed by atoms with Gasteiger partial charge in [0.05, 0.1) is 13.2 Å². The van der Waals surface area contributed by atoms with Gasteiger partial charge in [0, 0.05) is 19.0 Å². The molecular weight excluding hydrogens is 225 g/mol. The van der Waals surface area contributed by atoms with Crippen molar-refractivity contribution in [2.24, 2.45) is 0 Å². The molecular formula is C11H18FN3O2. The van der Waals surface area contributed by atoms with Crippen molar-refractivity contribution >= 4 is 0 Å². The van der Waals surface area contributed by atoms with Crippen LogP contribution in [0.2, 0.25) is 0 Å². The van der Waals surface area contributed by atoms with Gasteiger partial charge in [-0.05, 0) is 12.8 Å². The number of nitrogens with zero attached hydrogens (tertiary/aromatic N) is 3. The Kier molecular flexibility index (Phi) is 4.06. The predicted octanol–water partition coefficient (Wildman–Crippen LogP) is 0.927. The minimum absolute atomic E-state index is 0.0314. The van der Waals surface area contributed by atoms with Gasteiger partial charge in [0.2, 0.25) is 5.89 Å². The molecule has 96 valence electrons. The summed E-state index contributed by atoms with van der Waals surface area (Å²) in [6, 6.07) is -0.133. The third-order valence-corrected chi connectivity index (χ3v) is 3.01. The summed E-state index contributed by atoms with van der Waals surface area (Å²) in [4.78, 5) is 6.09. The SMILES string of the molecule is CCCc1noc(CN2C[C@@H](F)C[C@H]2CO)n1. The molecule has 6 heteroatoms. The van der Waals surface area contributed by atoms with E-state index < -0.39 is 6.17 Å². The lowest BCUT2D eigenvalue weighted by Gasteiger charge is -2.19. The standard InChI is InChI=1S/C11H18FN3O2/c1-2-3-10-13-11(17-14-10)6-15-5-8(12)4-9(15)7-16/h8-9,16H,2-7H2,1H3/t8-,9-/m0/s1. The molecule has 1 aliphatic rings. The maximum Gasteiger partial charge on any atom is 0.240 e. The van der Waals surface area contributed by atoms with E-state index >= 15 is 0 Å². The Balaban J connectivity index is 1.94. The number of aliphatic hydroxyl groups excluding tert-OH is 1. The molecule has 5 nitrogen and oxygen atoms in total. The molecule has 0 bridgehead atoms. The number of likely N-dealkylation sites (tertiary alicyclic amines) is 1. The summed E-state index contributed by atoms with van der Waals surface area (Å²) in [6.45, 7) is 2.77. The fraction of sp³-hybridized carbons (Fsp3) is 0.818. The van der Waals surface area contributed by atoms with E-state index in [4.69, 9.17) is 9.63 Å². The first kappa shape index (κ1) is 12.4. The van der Waals surface area contributed by atoms with Crippen LogP contribution in [0.25, 0.3) is 0 Å². The van der Waals surface area contributed by atoms with Crippen LogP contribution in [0.5, 0.6) is 0 Å². The first-order chi connectivity index (χ1) is 8.22. The van der Waals surface area contributed by atoms with E-state index in [-0.39, 0.29) is 12.6 Å². The van der Waals surface area contributed by atoms with Crippen LogP contribution in [0, 0.1) is 0 Å². The maximum absolute atomic E-state index is 13.2. The van der Waals surface area contributed by atoms with E-state index in [1.54, 1.807) is 0 Å². The summed E-state index contributed by atoms with van der Waals surface area (Å²) >= 11 is 0. The lowest BCUT2D eigenvalue weighted by Crippen LogP contribution is -2.31. The van der Waals surface area contributed by atoms with Crippen molar-refractivity contribution in [2.45, 2.75) is 44.9 Å². The Hall–Kier alpha value is -1.01. The Labute approximate surface area is 99.6 Å². The Morgan fingerprint density at radius 3 is 3.12 bits per heavy atom. The third-order valence-electron chi connectivity index (χ3n) is 3.01. The number of rotatable bonds is 5. The van der Waals surface area contributed by atoms with Gasteiger partial charge < -0.3 is 9.63 Å². The monoisotopic (exact) mass is 243 g/mol. The zero-order valence-corrected chi connectivity index (χ0v) is 9.97. The summed E-state index contributed by atoms with van der Waals surface area (Å²) in [7, 11) is 0. The van der Waals surface area contributed by atoms with Crippen LogP contribution >= 0.6 is 0 Å². The van der Waals surface area contributed by atoms with Crippen molar-refractivity contribution in [3.05, 3.63) is 11.7 Å². The van der Waals surface area contributed by atoms with Gasteiger partial charge >= 0.3 is 0 Å². The molecule has 0 saturated carbocycles. The van der Waals surface area contributed by atoms with E-state index in [1.165, 1.54) is 0 Å². The van der Waals surface area contributed by atoms with Crippen LogP contribution in [-0.2, 0) is 13.0 Å². The van der Waals surface area contributed by atoms with Crippen LogP contribution in [0.1, 0.15) is 31.5 Å². The molecule has 1 aromatic heterocycles. The molecule has 0 amide bonds. The second-order valence-corrected chi connectivity index (χ2v) is 4.45. The van der Waals surface area contributed by atoms with Crippen LogP contribution in [0.15, 0.2) is 4.52 Å². The molecule has 1 saturated heterocycles. The molecule has 0 spiro atoms. The van der Waals surface area contributed by atoms with Gasteiger partial charge in [0.1, 0.15) is 6.17 Å². The average Bonchev–Trinajstić information content (AvgIpc) is 2.87. The van der Waals surface area contributed by atoms with Gasteiger partial charge in [-0.15, -0.1) is 0 Å². The number of aromatic nitrogens is 2. The highest BCUT2D eigenvalue weighted by Gasteiger charge is 2.32. The number of hydrogen-bond donors (Lipinski definition) is 1. The maximum atomic E-state index is 13.2. The van der Waals surface area contributed by atoms with E-state index in [9.17, 15) is 4.39 Å². The largest absolute Gasteiger partial charge is 0.395 e. The van der Waals surface area contributed by atoms with Crippen molar-refractivity contribution in [2.75, 3.05) is 13.2 Å². The molecule has 0 unspecified atom stereocenters. The first-order valence-corrected chi connectivity index (χ1v) is 6.03. The Morgan fingerprint density at radius 1 is 1.59 bits per heavy atom. The molecule has 0 aromatic carbocycles. The number of halogens is 1. The third kappa shape index (κ3) is 3.01. The van der Waals surface area contributed by atoms with Gasteiger partial charge in [0.25, 0.3) is 0 Å². The summed E-state index contributed by atoms with van der Waals surface area (Å²) in [6.07, 6.45) is 1.27. The molecule has 0 radical (unpaired) electrons. The second-order valence-electron chi connectivity index (χ2n) is 4.45. The van der Waals surface area contributed by atoms with E-state index in [2.05, 4.69) is 10.1 Å². The van der Waals surface area contributed by atoms with Crippen molar-refractivity contribution in [1.82, 2.24) is 15.0 Å². The molecule has 1 aliphatic heterocycles.